The van der Waals surface area contributed by atoms with Crippen molar-refractivity contribution < 1.29 is 33.5 Å². The number of aromatic amines is 1. The van der Waals surface area contributed by atoms with Crippen LogP contribution in [0.25, 0.3) is 78.0 Å². The van der Waals surface area contributed by atoms with Crippen LogP contribution in [0.5, 0.6) is 0 Å². The smallest absolute Gasteiger partial charge is 0.339 e. The number of aromatic nitrogens is 19. The van der Waals surface area contributed by atoms with Crippen LogP contribution < -0.4 is 55.3 Å². The van der Waals surface area contributed by atoms with Crippen molar-refractivity contribution in [1.29, 1.82) is 10.5 Å². The number of esters is 1. The van der Waals surface area contributed by atoms with Crippen LogP contribution >= 0.6 is 0 Å². The molecule has 0 saturated heterocycles. The van der Waals surface area contributed by atoms with Crippen LogP contribution in [0.1, 0.15) is 153 Å². The quantitative estimate of drug-likeness (QED) is 0.0250. The minimum atomic E-state index is -0.586. The van der Waals surface area contributed by atoms with Crippen molar-refractivity contribution in [2.75, 3.05) is 61.9 Å². The monoisotopic (exact) mass is 1990 g/mol. The summed E-state index contributed by atoms with van der Waals surface area (Å²) in [4.78, 5) is 139. The third-order valence-electron chi connectivity index (χ3n) is 28.2. The van der Waals surface area contributed by atoms with E-state index in [0.717, 1.165) is 202 Å². The van der Waals surface area contributed by atoms with Gasteiger partial charge in [0.25, 0.3) is 0 Å². The van der Waals surface area contributed by atoms with Crippen LogP contribution in [0.4, 0.5) is 58.7 Å². The van der Waals surface area contributed by atoms with Gasteiger partial charge in [0.1, 0.15) is 41.1 Å². The predicted octanol–water partition coefficient (Wildman–Crippen LogP) is 16.6. The number of hydrogen-bond donors (Lipinski definition) is 11. The number of nitrogens with one attached hydrogen (secondary N) is 6. The van der Waals surface area contributed by atoms with Crippen LogP contribution in [-0.2, 0) is 62.8 Å². The molecule has 12 heterocycles. The molecule has 0 unspecified atom stereocenters. The fourth-order valence-corrected chi connectivity index (χ4v) is 18.7. The number of carbonyl (C=O) groups is 6. The van der Waals surface area contributed by atoms with E-state index in [1.54, 1.807) is 141 Å². The Morgan fingerprint density at radius 2 is 0.633 bits per heavy atom. The molecule has 0 bridgehead atoms. The fraction of sp³-hybridized carbons (Fsp3) is 0.205. The molecular formula is C112H103N31O7. The molecule has 150 heavy (non-hydrogen) atoms. The maximum atomic E-state index is 13.3. The first kappa shape index (κ1) is 101. The number of ether oxygens (including phenoxy) is 1. The lowest BCUT2D eigenvalue weighted by molar-refractivity contribution is -0.125. The summed E-state index contributed by atoms with van der Waals surface area (Å²) in [5, 5.41) is 43.5. The maximum absolute atomic E-state index is 13.3. The van der Waals surface area contributed by atoms with E-state index in [0.29, 0.717) is 46.7 Å². The van der Waals surface area contributed by atoms with Gasteiger partial charge in [-0.05, 0) is 193 Å². The van der Waals surface area contributed by atoms with Crippen LogP contribution in [0.15, 0.2) is 300 Å². The highest BCUT2D eigenvalue weighted by Gasteiger charge is 2.50. The molecule has 5 aliphatic carbocycles. The average molecular weight is 2000 g/mol. The normalized spacial score (nSPS) is 14.5. The summed E-state index contributed by atoms with van der Waals surface area (Å²) in [6.45, 7) is 2.04. The van der Waals surface area contributed by atoms with Crippen molar-refractivity contribution in [2.45, 2.75) is 130 Å². The zero-order valence-electron chi connectivity index (χ0n) is 81.8. The summed E-state index contributed by atoms with van der Waals surface area (Å²) in [6, 6.07) is 62.9. The van der Waals surface area contributed by atoms with Gasteiger partial charge in [0, 0.05) is 163 Å². The number of aryl methyl sites for hydroxylation is 1. The van der Waals surface area contributed by atoms with Gasteiger partial charge in [-0.25, -0.2) is 79.6 Å². The van der Waals surface area contributed by atoms with Gasteiger partial charge in [-0.2, -0.15) is 20.7 Å². The van der Waals surface area contributed by atoms with Crippen molar-refractivity contribution in [3.8, 4) is 90.2 Å². The SMILES string of the molecule is CCOC(=O)c1ccc(NC(=O)C2(c3ccc(-c4cnc(N)nc4)cc3)CCC2)nc1.Cn1nccc1-c1ccc(NC(=O)C2(c3ccc(-c4cnc(N)nc4)cc3)CCC2)nc1.N#Cc1cc(NC(=O)C2(c3ccc(-c4cnc(N)nc4)cc3)CCC2)ccn1.N#Cc1ccc(NC(=O)C2(c3ccc(-c4cnc(N)nc4)cc3)CCC2)nc1.Nc1ncc(-c2ccc(C3(C(=O)Nc4ccc(-c5cn[nH]c5)cn4)CCC3)cc2)cn1. The summed E-state index contributed by atoms with van der Waals surface area (Å²) < 4.78 is 6.75. The molecule has 22 rings (SSSR count). The molecule has 5 aromatic carbocycles. The van der Waals surface area contributed by atoms with Gasteiger partial charge in [0.2, 0.25) is 59.3 Å². The molecular weight excluding hydrogens is 1890 g/mol. The van der Waals surface area contributed by atoms with Crippen LogP contribution in [0.2, 0.25) is 0 Å². The largest absolute Gasteiger partial charge is 0.462 e. The molecule has 38 heteroatoms. The first-order valence-corrected chi connectivity index (χ1v) is 48.7. The minimum absolute atomic E-state index is 0.0203. The van der Waals surface area contributed by atoms with Crippen molar-refractivity contribution in [2.24, 2.45) is 7.05 Å². The lowest BCUT2D eigenvalue weighted by Crippen LogP contribution is -2.46. The van der Waals surface area contributed by atoms with E-state index in [4.69, 9.17) is 43.9 Å². The number of hydrogen-bond acceptors (Lipinski definition) is 31. The van der Waals surface area contributed by atoms with Gasteiger partial charge in [-0.3, -0.25) is 33.8 Å². The standard InChI is InChI=1S/C24H23N7O.C23H21N7O.C23H23N5O3.2C21H18N6O/c1-31-20(9-12-29-31)17-5-8-21(26-13-17)30-22(32)24(10-2-11-24)19-6-3-16(4-7-19)18-14-27-23(25)28-15-18;24-22-26-11-17(12-27-22)15-2-5-19(6-3-15)23(8-1-9-23)21(31)30-20-7-4-16(10-25-20)18-13-28-29-14-18;1-2-31-20(29)16-6-9-19(25-12-16)28-21(30)23(10-3-11-23)18-7-4-15(5-8-18)17-13-26-22(24)27-14-17;22-10-14-2-7-18(24-11-14)27-19(28)21(8-1-9-21)17-5-3-15(4-6-17)16-12-25-20(23)26-13-16;22-11-18-10-17(6-9-24-18)27-19(28)21(7-1-8-21)16-4-2-14(3-5-16)15-12-25-20(23)26-13-15/h3-9,12-15H,2,10-11H2,1H3,(H2,25,27,28)(H,26,30,32);2-7,10-14H,1,8-9H2,(H,28,29)(H2,24,26,27)(H,25,30,31);4-9,12-14H,2-3,10-11H2,1H3,(H2,24,26,27)(H,25,28,30);2-7,11-13H,1,8-9H2,(H2,23,25,26)(H,24,27,28);2-6,9-10,12-13H,1,7-8H2,(H2,23,25,26)(H,24,27,28). The molecule has 17 aromatic rings. The number of nitriles is 2. The lowest BCUT2D eigenvalue weighted by atomic mass is 9.63. The summed E-state index contributed by atoms with van der Waals surface area (Å²) in [6.07, 6.45) is 43.0. The second-order valence-corrected chi connectivity index (χ2v) is 36.9. The van der Waals surface area contributed by atoms with Crippen molar-refractivity contribution in [3.63, 3.8) is 0 Å². The van der Waals surface area contributed by atoms with Gasteiger partial charge in [-0.15, -0.1) is 0 Å². The molecule has 0 aliphatic heterocycles. The number of nitrogens with two attached hydrogens (primary N) is 5. The summed E-state index contributed by atoms with van der Waals surface area (Å²) >= 11 is 0. The number of nitrogen functional groups attached to an aromatic ring is 5. The fourth-order valence-electron chi connectivity index (χ4n) is 18.7. The number of benzene rings is 5. The lowest BCUT2D eigenvalue weighted by Gasteiger charge is -2.40. The van der Waals surface area contributed by atoms with Crippen molar-refractivity contribution in [3.05, 3.63) is 344 Å². The zero-order valence-corrected chi connectivity index (χ0v) is 81.8. The van der Waals surface area contributed by atoms with Gasteiger partial charge in [0.15, 0.2) is 0 Å². The highest BCUT2D eigenvalue weighted by atomic mass is 16.5. The highest BCUT2D eigenvalue weighted by Crippen LogP contribution is 2.51. The number of amides is 5. The Morgan fingerprint density at radius 1 is 0.327 bits per heavy atom. The maximum Gasteiger partial charge on any atom is 0.339 e. The molecule has 748 valence electrons. The van der Waals surface area contributed by atoms with E-state index >= 15 is 0 Å². The number of pyridine rings is 5. The Bertz CT molecular complexity index is 7720. The minimum Gasteiger partial charge on any atom is -0.462 e. The van der Waals surface area contributed by atoms with Gasteiger partial charge < -0.3 is 60.0 Å². The van der Waals surface area contributed by atoms with Crippen molar-refractivity contribution >= 4 is 94.2 Å². The molecule has 16 N–H and O–H groups in total. The van der Waals surface area contributed by atoms with Gasteiger partial charge in [-0.1, -0.05) is 153 Å². The molecule has 5 amide bonds. The molecule has 0 spiro atoms. The van der Waals surface area contributed by atoms with E-state index in [9.17, 15) is 28.8 Å². The Labute approximate surface area is 861 Å². The number of rotatable bonds is 24. The third kappa shape index (κ3) is 22.2. The highest BCUT2D eigenvalue weighted by molar-refractivity contribution is 6.03. The summed E-state index contributed by atoms with van der Waals surface area (Å²) in [5.41, 5.74) is 44.6. The van der Waals surface area contributed by atoms with Crippen LogP contribution in [0, 0.1) is 22.7 Å². The van der Waals surface area contributed by atoms with E-state index in [1.807, 2.05) is 171 Å². The Kier molecular flexibility index (Phi) is 30.0. The molecule has 38 nitrogen and oxygen atoms in total. The van der Waals surface area contributed by atoms with Crippen LogP contribution in [0.3, 0.4) is 0 Å². The number of nitrogens with zero attached hydrogens (tertiary/aromatic N) is 20. The Hall–Kier alpha value is -19.5. The molecule has 5 fully saturated rings. The van der Waals surface area contributed by atoms with Gasteiger partial charge >= 0.3 is 5.97 Å². The van der Waals surface area contributed by atoms with E-state index in [-0.39, 0.29) is 65.0 Å². The van der Waals surface area contributed by atoms with E-state index < -0.39 is 33.0 Å². The van der Waals surface area contributed by atoms with E-state index in [1.165, 1.54) is 18.6 Å². The molecule has 5 aliphatic rings. The van der Waals surface area contributed by atoms with E-state index in [2.05, 4.69) is 117 Å². The third-order valence-corrected chi connectivity index (χ3v) is 28.2. The van der Waals surface area contributed by atoms with Crippen LogP contribution in [-0.4, -0.2) is 137 Å². The number of carbonyl (C=O) groups excluding carboxylic acids is 6. The first-order valence-electron chi connectivity index (χ1n) is 48.7. The van der Waals surface area contributed by atoms with Gasteiger partial charge in [0.05, 0.1) is 56.7 Å². The molecule has 0 atom stereocenters. The predicted molar refractivity (Wildman–Crippen MR) is 567 cm³/mol. The second kappa shape index (κ2) is 44.8. The number of anilines is 10. The second-order valence-electron chi connectivity index (χ2n) is 36.9. The first-order chi connectivity index (χ1) is 72.9. The zero-order chi connectivity index (χ0) is 104. The molecule has 5 saturated carbocycles. The Morgan fingerprint density at radius 3 is 0.893 bits per heavy atom. The topological polar surface area (TPSA) is 589 Å². The average Bonchev–Trinajstić information content (AvgIpc) is 1.17. The molecule has 0 radical (unpaired) electrons. The number of H-pyrrole nitrogens is 1. The summed E-state index contributed by atoms with van der Waals surface area (Å²) in [7, 11) is 1.89. The molecule has 12 aromatic heterocycles. The van der Waals surface area contributed by atoms with Crippen molar-refractivity contribution in [1.82, 2.24) is 94.7 Å². The Balaban J connectivity index is 0.000000122. The summed E-state index contributed by atoms with van der Waals surface area (Å²) in [5.74, 6) is 2.43.